The summed E-state index contributed by atoms with van der Waals surface area (Å²) in [5, 5.41) is 14.6. The lowest BCUT2D eigenvalue weighted by Crippen LogP contribution is -2.40. The molecular formula is C16H23BrN2O2. The van der Waals surface area contributed by atoms with E-state index in [2.05, 4.69) is 35.1 Å². The van der Waals surface area contributed by atoms with Gasteiger partial charge in [0.1, 0.15) is 0 Å². The molecule has 0 bridgehead atoms. The maximum atomic E-state index is 11.0. The molecule has 5 heteroatoms. The van der Waals surface area contributed by atoms with Crippen LogP contribution in [0, 0.1) is 22.0 Å². The molecule has 0 heterocycles. The van der Waals surface area contributed by atoms with Crippen molar-refractivity contribution in [1.82, 2.24) is 5.32 Å². The zero-order valence-electron chi connectivity index (χ0n) is 12.6. The van der Waals surface area contributed by atoms with Gasteiger partial charge in [0.25, 0.3) is 5.69 Å². The Hall–Kier alpha value is -0.940. The van der Waals surface area contributed by atoms with Gasteiger partial charge in [0.2, 0.25) is 0 Å². The highest BCUT2D eigenvalue weighted by Crippen LogP contribution is 2.31. The molecule has 2 unspecified atom stereocenters. The molecule has 1 aromatic carbocycles. The minimum absolute atomic E-state index is 0.137. The highest BCUT2D eigenvalue weighted by Gasteiger charge is 2.27. The molecule has 4 nitrogen and oxygen atoms in total. The summed E-state index contributed by atoms with van der Waals surface area (Å²) in [6, 6.07) is 5.89. The fourth-order valence-electron chi connectivity index (χ4n) is 3.27. The Morgan fingerprint density at radius 1 is 1.38 bits per heavy atom. The molecule has 0 saturated heterocycles. The van der Waals surface area contributed by atoms with Crippen LogP contribution in [0.25, 0.3) is 0 Å². The third-order valence-electron chi connectivity index (χ3n) is 4.45. The van der Waals surface area contributed by atoms with Crippen LogP contribution >= 0.6 is 15.9 Å². The van der Waals surface area contributed by atoms with Crippen molar-refractivity contribution in [2.75, 3.05) is 0 Å². The second-order valence-corrected chi connectivity index (χ2v) is 7.08. The van der Waals surface area contributed by atoms with E-state index in [1.165, 1.54) is 25.7 Å². The molecule has 1 saturated carbocycles. The molecule has 0 amide bonds. The second kappa shape index (κ2) is 7.36. The number of hydrogen-bond donors (Lipinski definition) is 1. The number of nitro groups is 1. The summed E-state index contributed by atoms with van der Waals surface area (Å²) in [5.41, 5.74) is 1.11. The summed E-state index contributed by atoms with van der Waals surface area (Å²) >= 11 is 3.23. The SMILES string of the molecule is CC(C)C1CCCCC1NCc1ccc(Br)c([N+](=O)[O-])c1. The van der Waals surface area contributed by atoms with Crippen molar-refractivity contribution in [3.05, 3.63) is 38.3 Å². The van der Waals surface area contributed by atoms with Crippen molar-refractivity contribution < 1.29 is 4.92 Å². The number of nitrogens with zero attached hydrogens (tertiary/aromatic N) is 1. The van der Waals surface area contributed by atoms with Gasteiger partial charge >= 0.3 is 0 Å². The number of nitrogens with one attached hydrogen (secondary N) is 1. The van der Waals surface area contributed by atoms with Crippen molar-refractivity contribution in [3.63, 3.8) is 0 Å². The summed E-state index contributed by atoms with van der Waals surface area (Å²) in [4.78, 5) is 10.6. The van der Waals surface area contributed by atoms with Crippen LogP contribution in [0.5, 0.6) is 0 Å². The highest BCUT2D eigenvalue weighted by atomic mass is 79.9. The Morgan fingerprint density at radius 2 is 2.10 bits per heavy atom. The molecule has 1 aromatic rings. The Labute approximate surface area is 134 Å². The molecule has 1 N–H and O–H groups in total. The first kappa shape index (κ1) is 16.4. The molecule has 1 aliphatic rings. The summed E-state index contributed by atoms with van der Waals surface area (Å²) in [5.74, 6) is 1.39. The van der Waals surface area contributed by atoms with Crippen molar-refractivity contribution in [3.8, 4) is 0 Å². The van der Waals surface area contributed by atoms with Crippen LogP contribution < -0.4 is 5.32 Å². The topological polar surface area (TPSA) is 55.2 Å². The van der Waals surface area contributed by atoms with Crippen molar-refractivity contribution in [1.29, 1.82) is 0 Å². The van der Waals surface area contributed by atoms with Crippen LogP contribution in [-0.2, 0) is 6.54 Å². The van der Waals surface area contributed by atoms with E-state index in [9.17, 15) is 10.1 Å². The number of rotatable bonds is 5. The zero-order valence-corrected chi connectivity index (χ0v) is 14.2. The molecule has 1 fully saturated rings. The molecule has 0 spiro atoms. The fraction of sp³-hybridized carbons (Fsp3) is 0.625. The molecule has 2 atom stereocenters. The average molecular weight is 355 g/mol. The van der Waals surface area contributed by atoms with Crippen LogP contribution in [0.4, 0.5) is 5.69 Å². The third kappa shape index (κ3) is 4.27. The predicted octanol–water partition coefficient (Wildman–Crippen LogP) is 4.66. The van der Waals surface area contributed by atoms with E-state index in [1.54, 1.807) is 12.1 Å². The predicted molar refractivity (Wildman–Crippen MR) is 88.2 cm³/mol. The molecule has 0 radical (unpaired) electrons. The number of hydrogen-bond acceptors (Lipinski definition) is 3. The maximum absolute atomic E-state index is 11.0. The maximum Gasteiger partial charge on any atom is 0.283 e. The monoisotopic (exact) mass is 354 g/mol. The van der Waals surface area contributed by atoms with Crippen molar-refractivity contribution >= 4 is 21.6 Å². The van der Waals surface area contributed by atoms with Crippen LogP contribution in [0.1, 0.15) is 45.1 Å². The van der Waals surface area contributed by atoms with Gasteiger partial charge in [-0.2, -0.15) is 0 Å². The summed E-state index contributed by atoms with van der Waals surface area (Å²) in [7, 11) is 0. The van der Waals surface area contributed by atoms with Gasteiger partial charge in [-0.05, 0) is 52.2 Å². The molecule has 116 valence electrons. The smallest absolute Gasteiger partial charge is 0.283 e. The van der Waals surface area contributed by atoms with Gasteiger partial charge in [0, 0.05) is 18.7 Å². The summed E-state index contributed by atoms with van der Waals surface area (Å²) < 4.78 is 0.536. The summed E-state index contributed by atoms with van der Waals surface area (Å²) in [6.07, 6.45) is 5.10. The molecule has 0 aromatic heterocycles. The zero-order chi connectivity index (χ0) is 15.4. The molecule has 21 heavy (non-hydrogen) atoms. The first-order chi connectivity index (χ1) is 9.99. The third-order valence-corrected chi connectivity index (χ3v) is 5.12. The van der Waals surface area contributed by atoms with Gasteiger partial charge in [-0.3, -0.25) is 10.1 Å². The first-order valence-electron chi connectivity index (χ1n) is 7.65. The largest absolute Gasteiger partial charge is 0.310 e. The van der Waals surface area contributed by atoms with Gasteiger partial charge in [0.05, 0.1) is 9.40 Å². The number of benzene rings is 1. The Balaban J connectivity index is 2.02. The van der Waals surface area contributed by atoms with E-state index < -0.39 is 0 Å². The summed E-state index contributed by atoms with van der Waals surface area (Å²) in [6.45, 7) is 5.27. The number of halogens is 1. The molecule has 1 aliphatic carbocycles. The lowest BCUT2D eigenvalue weighted by molar-refractivity contribution is -0.385. The van der Waals surface area contributed by atoms with E-state index >= 15 is 0 Å². The van der Waals surface area contributed by atoms with Gasteiger partial charge in [0.15, 0.2) is 0 Å². The van der Waals surface area contributed by atoms with E-state index in [0.717, 1.165) is 5.56 Å². The van der Waals surface area contributed by atoms with Gasteiger partial charge in [-0.25, -0.2) is 0 Å². The van der Waals surface area contributed by atoms with E-state index in [4.69, 9.17) is 0 Å². The second-order valence-electron chi connectivity index (χ2n) is 6.22. The minimum atomic E-state index is -0.342. The van der Waals surface area contributed by atoms with Gasteiger partial charge in [-0.1, -0.05) is 32.8 Å². The average Bonchev–Trinajstić information content (AvgIpc) is 2.46. The Bertz CT molecular complexity index is 505. The van der Waals surface area contributed by atoms with E-state index in [1.807, 2.05) is 6.07 Å². The Kier molecular flexibility index (Phi) is 5.76. The quantitative estimate of drug-likeness (QED) is 0.617. The van der Waals surface area contributed by atoms with Crippen molar-refractivity contribution in [2.45, 2.75) is 52.1 Å². The van der Waals surface area contributed by atoms with Gasteiger partial charge < -0.3 is 5.32 Å². The first-order valence-corrected chi connectivity index (χ1v) is 8.44. The molecule has 2 rings (SSSR count). The normalized spacial score (nSPS) is 22.5. The van der Waals surface area contributed by atoms with Crippen LogP contribution in [0.2, 0.25) is 0 Å². The Morgan fingerprint density at radius 3 is 2.76 bits per heavy atom. The van der Waals surface area contributed by atoms with Crippen LogP contribution in [-0.4, -0.2) is 11.0 Å². The minimum Gasteiger partial charge on any atom is -0.310 e. The van der Waals surface area contributed by atoms with E-state index in [0.29, 0.717) is 28.9 Å². The fourth-order valence-corrected chi connectivity index (χ4v) is 3.66. The van der Waals surface area contributed by atoms with Crippen molar-refractivity contribution in [2.24, 2.45) is 11.8 Å². The molecule has 0 aliphatic heterocycles. The van der Waals surface area contributed by atoms with E-state index in [-0.39, 0.29) is 10.6 Å². The standard InChI is InChI=1S/C16H23BrN2O2/c1-11(2)13-5-3-4-6-15(13)18-10-12-7-8-14(17)16(9-12)19(20)21/h7-9,11,13,15,18H,3-6,10H2,1-2H3. The van der Waals surface area contributed by atoms with Crippen LogP contribution in [0.3, 0.4) is 0 Å². The molecular weight excluding hydrogens is 332 g/mol. The lowest BCUT2D eigenvalue weighted by Gasteiger charge is -2.35. The van der Waals surface area contributed by atoms with Crippen LogP contribution in [0.15, 0.2) is 22.7 Å². The lowest BCUT2D eigenvalue weighted by atomic mass is 9.78. The highest BCUT2D eigenvalue weighted by molar-refractivity contribution is 9.10. The van der Waals surface area contributed by atoms with Gasteiger partial charge in [-0.15, -0.1) is 0 Å². The number of nitro benzene ring substituents is 1.